The summed E-state index contributed by atoms with van der Waals surface area (Å²) in [5, 5.41) is 3.70. The average molecular weight is 729 g/mol. The Labute approximate surface area is 329 Å². The molecule has 2 heterocycles. The van der Waals surface area contributed by atoms with Gasteiger partial charge in [-0.3, -0.25) is 0 Å². The molecule has 2 aromatic heterocycles. The molecule has 56 heavy (non-hydrogen) atoms. The standard InChI is InChI=1S/C53H32N2S/c1-2-15-35(16-3-1)46-32-47(41-23-12-17-33-14-4-5-18-37(33)41)55-52(54-46)36-30-28-34(29-31-36)38-22-13-24-43-49-42-21-8-11-27-48(42)56-51(49)53(50(38)43)44-25-9-6-19-39(44)40-20-7-10-26-45(40)53/h1-32H. The van der Waals surface area contributed by atoms with Crippen LogP contribution in [0.25, 0.3) is 88.1 Å². The second kappa shape index (κ2) is 12.0. The second-order valence-electron chi connectivity index (χ2n) is 14.8. The Morgan fingerprint density at radius 1 is 0.393 bits per heavy atom. The minimum atomic E-state index is -0.419. The Morgan fingerprint density at radius 3 is 1.77 bits per heavy atom. The highest BCUT2D eigenvalue weighted by Gasteiger charge is 2.54. The van der Waals surface area contributed by atoms with Gasteiger partial charge in [0.2, 0.25) is 0 Å². The highest BCUT2D eigenvalue weighted by atomic mass is 32.1. The molecule has 8 aromatic carbocycles. The van der Waals surface area contributed by atoms with E-state index in [2.05, 4.69) is 188 Å². The van der Waals surface area contributed by atoms with Gasteiger partial charge in [0, 0.05) is 37.2 Å². The van der Waals surface area contributed by atoms with Crippen molar-refractivity contribution in [3.63, 3.8) is 0 Å². The fraction of sp³-hybridized carbons (Fsp3) is 0.0189. The molecule has 2 nitrogen and oxygen atoms in total. The molecular weight excluding hydrogens is 697 g/mol. The van der Waals surface area contributed by atoms with E-state index in [1.807, 2.05) is 17.4 Å². The Kier molecular flexibility index (Phi) is 6.75. The lowest BCUT2D eigenvalue weighted by Crippen LogP contribution is -2.25. The van der Waals surface area contributed by atoms with E-state index < -0.39 is 5.41 Å². The summed E-state index contributed by atoms with van der Waals surface area (Å²) in [5.41, 5.74) is 16.4. The maximum absolute atomic E-state index is 5.26. The van der Waals surface area contributed by atoms with Gasteiger partial charge in [-0.2, -0.15) is 0 Å². The summed E-state index contributed by atoms with van der Waals surface area (Å²) in [6.45, 7) is 0. The Balaban J connectivity index is 1.06. The van der Waals surface area contributed by atoms with Crippen LogP contribution in [0.3, 0.4) is 0 Å². The number of hydrogen-bond acceptors (Lipinski definition) is 3. The molecule has 1 spiro atoms. The second-order valence-corrected chi connectivity index (χ2v) is 15.9. The largest absolute Gasteiger partial charge is 0.228 e. The van der Waals surface area contributed by atoms with E-state index in [0.717, 1.165) is 28.1 Å². The van der Waals surface area contributed by atoms with Crippen molar-refractivity contribution in [3.8, 4) is 67.3 Å². The maximum atomic E-state index is 5.26. The monoisotopic (exact) mass is 728 g/mol. The summed E-state index contributed by atoms with van der Waals surface area (Å²) in [6.07, 6.45) is 0. The number of nitrogens with zero attached hydrogens (tertiary/aromatic N) is 2. The summed E-state index contributed by atoms with van der Waals surface area (Å²) in [6, 6.07) is 70.4. The van der Waals surface area contributed by atoms with Gasteiger partial charge in [0.25, 0.3) is 0 Å². The van der Waals surface area contributed by atoms with Crippen LogP contribution >= 0.6 is 11.3 Å². The van der Waals surface area contributed by atoms with Crippen molar-refractivity contribution in [2.24, 2.45) is 0 Å². The molecule has 0 bridgehead atoms. The van der Waals surface area contributed by atoms with Crippen molar-refractivity contribution in [1.29, 1.82) is 0 Å². The van der Waals surface area contributed by atoms with Gasteiger partial charge in [0.05, 0.1) is 16.8 Å². The van der Waals surface area contributed by atoms with Crippen LogP contribution in [-0.2, 0) is 5.41 Å². The first-order valence-electron chi connectivity index (χ1n) is 19.2. The van der Waals surface area contributed by atoms with Crippen LogP contribution < -0.4 is 0 Å². The summed E-state index contributed by atoms with van der Waals surface area (Å²) < 4.78 is 1.33. The molecule has 10 aromatic rings. The van der Waals surface area contributed by atoms with Gasteiger partial charge < -0.3 is 0 Å². The number of hydrogen-bond donors (Lipinski definition) is 0. The molecule has 12 rings (SSSR count). The van der Waals surface area contributed by atoms with E-state index in [9.17, 15) is 0 Å². The third-order valence-electron chi connectivity index (χ3n) is 11.9. The normalized spacial score (nSPS) is 13.1. The number of thiophene rings is 1. The SMILES string of the molecule is c1ccc(-c2cc(-c3cccc4ccccc34)nc(-c3ccc(-c4cccc5c4C4(c6ccccc6-c6ccccc64)c4sc6ccccc6c4-5)cc3)n2)cc1. The van der Waals surface area contributed by atoms with Gasteiger partial charge in [-0.05, 0) is 67.4 Å². The predicted octanol–water partition coefficient (Wildman–Crippen LogP) is 13.9. The van der Waals surface area contributed by atoms with E-state index >= 15 is 0 Å². The van der Waals surface area contributed by atoms with Gasteiger partial charge in [-0.1, -0.05) is 182 Å². The molecule has 0 atom stereocenters. The molecule has 0 unspecified atom stereocenters. The van der Waals surface area contributed by atoms with Crippen LogP contribution in [0.1, 0.15) is 21.6 Å². The van der Waals surface area contributed by atoms with Crippen LogP contribution in [-0.4, -0.2) is 9.97 Å². The van der Waals surface area contributed by atoms with Gasteiger partial charge in [-0.25, -0.2) is 9.97 Å². The molecular formula is C53H32N2S. The summed E-state index contributed by atoms with van der Waals surface area (Å²) in [4.78, 5) is 11.9. The van der Waals surface area contributed by atoms with Crippen molar-refractivity contribution in [3.05, 3.63) is 216 Å². The Hall–Kier alpha value is -6.94. The quantitative estimate of drug-likeness (QED) is 0.180. The first-order chi connectivity index (χ1) is 27.8. The van der Waals surface area contributed by atoms with Crippen molar-refractivity contribution < 1.29 is 0 Å². The highest BCUT2D eigenvalue weighted by molar-refractivity contribution is 7.20. The first-order valence-corrected chi connectivity index (χ1v) is 20.0. The summed E-state index contributed by atoms with van der Waals surface area (Å²) >= 11 is 1.95. The van der Waals surface area contributed by atoms with Crippen LogP contribution in [0.4, 0.5) is 0 Å². The minimum Gasteiger partial charge on any atom is -0.228 e. The number of benzene rings is 8. The average Bonchev–Trinajstić information content (AvgIpc) is 3.90. The van der Waals surface area contributed by atoms with Crippen LogP contribution in [0, 0.1) is 0 Å². The molecule has 0 N–H and O–H groups in total. The summed E-state index contributed by atoms with van der Waals surface area (Å²) in [5.74, 6) is 0.711. The van der Waals surface area contributed by atoms with Crippen molar-refractivity contribution in [2.75, 3.05) is 0 Å². The van der Waals surface area contributed by atoms with E-state index in [1.54, 1.807) is 0 Å². The molecule has 0 aliphatic heterocycles. The number of fused-ring (bicyclic) bond motifs is 13. The van der Waals surface area contributed by atoms with Gasteiger partial charge in [-0.15, -0.1) is 11.3 Å². The third kappa shape index (κ3) is 4.38. The van der Waals surface area contributed by atoms with E-state index in [0.29, 0.717) is 5.82 Å². The number of aromatic nitrogens is 2. The highest BCUT2D eigenvalue weighted by Crippen LogP contribution is 2.67. The maximum Gasteiger partial charge on any atom is 0.160 e. The Morgan fingerprint density at radius 2 is 0.964 bits per heavy atom. The molecule has 3 heteroatoms. The molecule has 2 aliphatic rings. The number of rotatable bonds is 4. The zero-order valence-electron chi connectivity index (χ0n) is 30.3. The topological polar surface area (TPSA) is 25.8 Å². The first kappa shape index (κ1) is 31.4. The van der Waals surface area contributed by atoms with Gasteiger partial charge in [0.15, 0.2) is 5.82 Å². The fourth-order valence-corrected chi connectivity index (χ4v) is 11.0. The van der Waals surface area contributed by atoms with Gasteiger partial charge in [0.1, 0.15) is 0 Å². The zero-order valence-corrected chi connectivity index (χ0v) is 31.1. The lowest BCUT2D eigenvalue weighted by atomic mass is 9.71. The van der Waals surface area contributed by atoms with Crippen LogP contribution in [0.15, 0.2) is 194 Å². The van der Waals surface area contributed by atoms with Crippen molar-refractivity contribution >= 4 is 32.2 Å². The lowest BCUT2D eigenvalue weighted by molar-refractivity contribution is 0.814. The third-order valence-corrected chi connectivity index (χ3v) is 13.2. The molecule has 0 saturated carbocycles. The van der Waals surface area contributed by atoms with E-state index in [4.69, 9.17) is 9.97 Å². The van der Waals surface area contributed by atoms with Crippen LogP contribution in [0.2, 0.25) is 0 Å². The zero-order chi connectivity index (χ0) is 36.8. The lowest BCUT2D eigenvalue weighted by Gasteiger charge is -2.31. The minimum absolute atomic E-state index is 0.419. The Bertz CT molecular complexity index is 3140. The predicted molar refractivity (Wildman–Crippen MR) is 233 cm³/mol. The molecule has 260 valence electrons. The smallest absolute Gasteiger partial charge is 0.160 e. The van der Waals surface area contributed by atoms with Crippen molar-refractivity contribution in [2.45, 2.75) is 5.41 Å². The van der Waals surface area contributed by atoms with E-state index in [1.165, 1.54) is 75.8 Å². The van der Waals surface area contributed by atoms with Gasteiger partial charge >= 0.3 is 0 Å². The summed E-state index contributed by atoms with van der Waals surface area (Å²) in [7, 11) is 0. The molecule has 0 saturated heterocycles. The van der Waals surface area contributed by atoms with Crippen LogP contribution in [0.5, 0.6) is 0 Å². The fourth-order valence-electron chi connectivity index (χ4n) is 9.56. The molecule has 0 fully saturated rings. The van der Waals surface area contributed by atoms with Crippen molar-refractivity contribution in [1.82, 2.24) is 9.97 Å². The molecule has 0 amide bonds. The molecule has 0 radical (unpaired) electrons. The van der Waals surface area contributed by atoms with E-state index in [-0.39, 0.29) is 0 Å². The molecule has 2 aliphatic carbocycles.